The zero-order valence-electron chi connectivity index (χ0n) is 10.7. The molecule has 0 radical (unpaired) electrons. The molecule has 3 heteroatoms. The third-order valence-corrected chi connectivity index (χ3v) is 6.42. The molecule has 0 nitrogen and oxygen atoms in total. The average molecular weight is 339 g/mol. The van der Waals surface area contributed by atoms with Gasteiger partial charge in [0.1, 0.15) is 0 Å². The standard InChI is InChI=1S/C15H15BrS2/c1-18(2,3)11-5-7-15-13(9-11)12-8-10(16)4-6-14(12)17-15/h4-9H,1-3H3. The summed E-state index contributed by atoms with van der Waals surface area (Å²) in [5, 5.41) is 2.77. The predicted octanol–water partition coefficient (Wildman–Crippen LogP) is 5.87. The largest absolute Gasteiger partial charge is 0.223 e. The van der Waals surface area contributed by atoms with Crippen molar-refractivity contribution in [2.45, 2.75) is 4.90 Å². The zero-order valence-corrected chi connectivity index (χ0v) is 13.9. The van der Waals surface area contributed by atoms with Crippen molar-refractivity contribution >= 4 is 57.5 Å². The second-order valence-electron chi connectivity index (χ2n) is 5.24. The Balaban J connectivity index is 2.38. The van der Waals surface area contributed by atoms with Crippen LogP contribution in [0.5, 0.6) is 0 Å². The number of fused-ring (bicyclic) bond motifs is 3. The third-order valence-electron chi connectivity index (χ3n) is 3.11. The zero-order chi connectivity index (χ0) is 12.9. The summed E-state index contributed by atoms with van der Waals surface area (Å²) in [7, 11) is -0.658. The summed E-state index contributed by atoms with van der Waals surface area (Å²) in [6, 6.07) is 13.5. The molecule has 1 aromatic heterocycles. The van der Waals surface area contributed by atoms with Gasteiger partial charge >= 0.3 is 0 Å². The van der Waals surface area contributed by atoms with Gasteiger partial charge in [0, 0.05) is 24.6 Å². The van der Waals surface area contributed by atoms with Gasteiger partial charge in [0.2, 0.25) is 0 Å². The Labute approximate surface area is 121 Å². The second kappa shape index (κ2) is 4.26. The molecule has 0 fully saturated rings. The molecule has 0 atom stereocenters. The first-order valence-electron chi connectivity index (χ1n) is 5.75. The van der Waals surface area contributed by atoms with Crippen LogP contribution in [-0.4, -0.2) is 18.8 Å². The first-order valence-corrected chi connectivity index (χ1v) is 10.2. The van der Waals surface area contributed by atoms with Gasteiger partial charge in [-0.05, 0) is 60.1 Å². The highest BCUT2D eigenvalue weighted by Gasteiger charge is 2.11. The van der Waals surface area contributed by atoms with E-state index in [-0.39, 0.29) is 0 Å². The van der Waals surface area contributed by atoms with Gasteiger partial charge < -0.3 is 0 Å². The molecule has 3 aromatic rings. The summed E-state index contributed by atoms with van der Waals surface area (Å²) < 4.78 is 3.91. The highest BCUT2D eigenvalue weighted by Crippen LogP contribution is 2.47. The van der Waals surface area contributed by atoms with Crippen LogP contribution >= 0.6 is 37.3 Å². The molecule has 0 bridgehead atoms. The monoisotopic (exact) mass is 338 g/mol. The molecule has 0 aliphatic rings. The molecule has 0 spiro atoms. The van der Waals surface area contributed by atoms with E-state index in [9.17, 15) is 0 Å². The number of thiophene rings is 1. The lowest BCUT2D eigenvalue weighted by Gasteiger charge is -2.25. The minimum atomic E-state index is -0.658. The number of benzene rings is 2. The van der Waals surface area contributed by atoms with Gasteiger partial charge in [0.25, 0.3) is 0 Å². The minimum Gasteiger partial charge on any atom is -0.223 e. The van der Waals surface area contributed by atoms with Crippen LogP contribution in [-0.2, 0) is 0 Å². The van der Waals surface area contributed by atoms with Crippen molar-refractivity contribution in [3.63, 3.8) is 0 Å². The lowest BCUT2D eigenvalue weighted by molar-refractivity contribution is 1.49. The van der Waals surface area contributed by atoms with Crippen molar-refractivity contribution < 1.29 is 0 Å². The van der Waals surface area contributed by atoms with Crippen LogP contribution in [0.2, 0.25) is 0 Å². The van der Waals surface area contributed by atoms with E-state index in [2.05, 4.69) is 71.1 Å². The Morgan fingerprint density at radius 2 is 1.50 bits per heavy atom. The Hall–Kier alpha value is -0.510. The second-order valence-corrected chi connectivity index (χ2v) is 11.4. The van der Waals surface area contributed by atoms with Crippen LogP contribution in [0.15, 0.2) is 45.8 Å². The van der Waals surface area contributed by atoms with Crippen molar-refractivity contribution in [2.24, 2.45) is 0 Å². The Kier molecular flexibility index (Phi) is 2.96. The summed E-state index contributed by atoms with van der Waals surface area (Å²) in [6.07, 6.45) is 7.04. The van der Waals surface area contributed by atoms with E-state index >= 15 is 0 Å². The maximum atomic E-state index is 3.57. The van der Waals surface area contributed by atoms with Gasteiger partial charge in [-0.2, -0.15) is 0 Å². The molecular formula is C15H15BrS2. The van der Waals surface area contributed by atoms with E-state index in [1.54, 1.807) is 0 Å². The van der Waals surface area contributed by atoms with Crippen molar-refractivity contribution in [1.29, 1.82) is 0 Å². The molecule has 0 N–H and O–H groups in total. The maximum absolute atomic E-state index is 3.57. The average Bonchev–Trinajstić information content (AvgIpc) is 2.65. The molecule has 0 saturated carbocycles. The Morgan fingerprint density at radius 1 is 0.889 bits per heavy atom. The van der Waals surface area contributed by atoms with E-state index < -0.39 is 10.0 Å². The van der Waals surface area contributed by atoms with Gasteiger partial charge in [-0.15, -0.1) is 11.3 Å². The first kappa shape index (κ1) is 12.5. The van der Waals surface area contributed by atoms with E-state index in [4.69, 9.17) is 0 Å². The van der Waals surface area contributed by atoms with E-state index in [1.807, 2.05) is 11.3 Å². The molecule has 0 saturated heterocycles. The molecule has 0 amide bonds. The summed E-state index contributed by atoms with van der Waals surface area (Å²) in [5.41, 5.74) is 0. The summed E-state index contributed by atoms with van der Waals surface area (Å²) in [6.45, 7) is 0. The van der Waals surface area contributed by atoms with E-state index in [0.717, 1.165) is 4.47 Å². The third kappa shape index (κ3) is 2.09. The molecule has 0 aliphatic heterocycles. The van der Waals surface area contributed by atoms with E-state index in [0.29, 0.717) is 0 Å². The Morgan fingerprint density at radius 3 is 2.17 bits per heavy atom. The summed E-state index contributed by atoms with van der Waals surface area (Å²) >= 11 is 5.45. The molecule has 1 heterocycles. The van der Waals surface area contributed by atoms with Gasteiger partial charge in [-0.3, -0.25) is 0 Å². The smallest absolute Gasteiger partial charge is 0.0356 e. The van der Waals surface area contributed by atoms with Crippen LogP contribution < -0.4 is 0 Å². The van der Waals surface area contributed by atoms with Gasteiger partial charge in [0.15, 0.2) is 0 Å². The normalized spacial score (nSPS) is 13.3. The molecule has 0 aliphatic carbocycles. The van der Waals surface area contributed by atoms with Gasteiger partial charge in [0.05, 0.1) is 0 Å². The predicted molar refractivity (Wildman–Crippen MR) is 90.7 cm³/mol. The fourth-order valence-electron chi connectivity index (χ4n) is 2.11. The Bertz CT molecular complexity index is 735. The van der Waals surface area contributed by atoms with E-state index in [1.165, 1.54) is 25.1 Å². The quantitative estimate of drug-likeness (QED) is 0.520. The first-order chi connectivity index (χ1) is 8.45. The number of halogens is 1. The van der Waals surface area contributed by atoms with Gasteiger partial charge in [-0.25, -0.2) is 10.0 Å². The van der Waals surface area contributed by atoms with Crippen LogP contribution in [0, 0.1) is 0 Å². The van der Waals surface area contributed by atoms with Crippen LogP contribution in [0.4, 0.5) is 0 Å². The lowest BCUT2D eigenvalue weighted by atomic mass is 10.1. The fraction of sp³-hybridized carbons (Fsp3) is 0.200. The van der Waals surface area contributed by atoms with Crippen molar-refractivity contribution in [3.8, 4) is 0 Å². The maximum Gasteiger partial charge on any atom is 0.0356 e. The molecule has 2 aromatic carbocycles. The summed E-state index contributed by atoms with van der Waals surface area (Å²) in [4.78, 5) is 1.48. The number of rotatable bonds is 1. The summed E-state index contributed by atoms with van der Waals surface area (Å²) in [5.74, 6) is 0. The van der Waals surface area contributed by atoms with Crippen molar-refractivity contribution in [3.05, 3.63) is 40.9 Å². The highest BCUT2D eigenvalue weighted by molar-refractivity contribution is 9.10. The van der Waals surface area contributed by atoms with Crippen molar-refractivity contribution in [2.75, 3.05) is 18.8 Å². The lowest BCUT2D eigenvalue weighted by Crippen LogP contribution is -1.91. The van der Waals surface area contributed by atoms with Crippen LogP contribution in [0.3, 0.4) is 0 Å². The SMILES string of the molecule is CS(C)(C)c1ccc2sc3ccc(Br)cc3c2c1. The highest BCUT2D eigenvalue weighted by atomic mass is 79.9. The molecule has 94 valence electrons. The molecule has 0 unspecified atom stereocenters. The molecule has 18 heavy (non-hydrogen) atoms. The van der Waals surface area contributed by atoms with Crippen LogP contribution in [0.1, 0.15) is 0 Å². The van der Waals surface area contributed by atoms with Gasteiger partial charge in [-0.1, -0.05) is 15.9 Å². The molecule has 3 rings (SSSR count). The van der Waals surface area contributed by atoms with Crippen molar-refractivity contribution in [1.82, 2.24) is 0 Å². The minimum absolute atomic E-state index is 0.658. The molecular weight excluding hydrogens is 324 g/mol. The fourth-order valence-corrected chi connectivity index (χ4v) is 4.49. The topological polar surface area (TPSA) is 0 Å². The van der Waals surface area contributed by atoms with Crippen LogP contribution in [0.25, 0.3) is 20.2 Å². The number of hydrogen-bond donors (Lipinski definition) is 0. The number of hydrogen-bond acceptors (Lipinski definition) is 1.